The average Bonchev–Trinajstić information content (AvgIpc) is 3.13. The van der Waals surface area contributed by atoms with E-state index in [-0.39, 0.29) is 6.10 Å². The van der Waals surface area contributed by atoms with Crippen LogP contribution in [0.15, 0.2) is 58.7 Å². The topological polar surface area (TPSA) is 22.4 Å². The quantitative estimate of drug-likeness (QED) is 0.585. The summed E-state index contributed by atoms with van der Waals surface area (Å²) < 4.78 is 11.9. The van der Waals surface area contributed by atoms with Crippen LogP contribution in [0.4, 0.5) is 0 Å². The van der Waals surface area contributed by atoms with Crippen molar-refractivity contribution in [1.29, 1.82) is 0 Å². The first-order chi connectivity index (χ1) is 11.8. The number of ether oxygens (including phenoxy) is 1. The lowest BCUT2D eigenvalue weighted by Gasteiger charge is -2.17. The highest BCUT2D eigenvalue weighted by Gasteiger charge is 2.35. The third-order valence-electron chi connectivity index (χ3n) is 4.15. The molecule has 1 aliphatic heterocycles. The molecule has 24 heavy (non-hydrogen) atoms. The summed E-state index contributed by atoms with van der Waals surface area (Å²) in [6, 6.07) is 8.21. The molecule has 0 spiro atoms. The van der Waals surface area contributed by atoms with Gasteiger partial charge < -0.3 is 9.15 Å². The zero-order valence-corrected chi connectivity index (χ0v) is 15.6. The van der Waals surface area contributed by atoms with Gasteiger partial charge in [-0.15, -0.1) is 0 Å². The Morgan fingerprint density at radius 1 is 0.875 bits per heavy atom. The van der Waals surface area contributed by atoms with Crippen LogP contribution in [-0.2, 0) is 4.74 Å². The van der Waals surface area contributed by atoms with Crippen LogP contribution in [0.2, 0.25) is 0 Å². The molecule has 1 aromatic heterocycles. The molecule has 0 fully saturated rings. The van der Waals surface area contributed by atoms with Crippen LogP contribution in [0, 0.1) is 12.8 Å². The summed E-state index contributed by atoms with van der Waals surface area (Å²) in [6.45, 7) is 12.1. The van der Waals surface area contributed by atoms with Crippen molar-refractivity contribution in [3.05, 3.63) is 65.7 Å². The maximum Gasteiger partial charge on any atom is 0.134 e. The van der Waals surface area contributed by atoms with E-state index in [4.69, 9.17) is 9.15 Å². The van der Waals surface area contributed by atoms with Gasteiger partial charge in [-0.25, -0.2) is 0 Å². The van der Waals surface area contributed by atoms with Crippen LogP contribution < -0.4 is 0 Å². The molecule has 0 bridgehead atoms. The summed E-state index contributed by atoms with van der Waals surface area (Å²) in [5.74, 6) is 2.26. The van der Waals surface area contributed by atoms with Gasteiger partial charge in [0.05, 0.1) is 5.76 Å². The maximum absolute atomic E-state index is 6.01. The number of allylic oxidation sites excluding steroid dienone is 3. The van der Waals surface area contributed by atoms with E-state index >= 15 is 0 Å². The second-order valence-electron chi connectivity index (χ2n) is 5.38. The van der Waals surface area contributed by atoms with E-state index in [1.165, 1.54) is 16.5 Å². The van der Waals surface area contributed by atoms with Gasteiger partial charge in [-0.05, 0) is 26.0 Å². The monoisotopic (exact) mass is 324 g/mol. The van der Waals surface area contributed by atoms with Crippen LogP contribution in [-0.4, -0.2) is 6.10 Å². The van der Waals surface area contributed by atoms with Gasteiger partial charge in [-0.3, -0.25) is 0 Å². The Morgan fingerprint density at radius 2 is 1.54 bits per heavy atom. The van der Waals surface area contributed by atoms with E-state index in [2.05, 4.69) is 43.4 Å². The summed E-state index contributed by atoms with van der Waals surface area (Å²) in [6.07, 6.45) is 8.62. The van der Waals surface area contributed by atoms with Crippen molar-refractivity contribution in [2.45, 2.75) is 47.6 Å². The predicted molar refractivity (Wildman–Crippen MR) is 103 cm³/mol. The van der Waals surface area contributed by atoms with Gasteiger partial charge in [0, 0.05) is 22.4 Å². The Balaban J connectivity index is 0.000000487. The standard InChI is InChI=1S/C18H16O2.2C2H6/c1-11-17(13-7-3-5-9-15(13)19-11)18-12(2)20-16-10-6-4-8-14(16)18;2*1-2/h3-10,13,15H,1-2H3;2*1-2H3. The molecule has 2 heterocycles. The van der Waals surface area contributed by atoms with E-state index in [9.17, 15) is 0 Å². The van der Waals surface area contributed by atoms with Gasteiger partial charge >= 0.3 is 0 Å². The van der Waals surface area contributed by atoms with Gasteiger partial charge in [0.25, 0.3) is 0 Å². The van der Waals surface area contributed by atoms with Crippen molar-refractivity contribution in [2.75, 3.05) is 0 Å². The molecule has 1 aliphatic carbocycles. The molecule has 2 aliphatic rings. The smallest absolute Gasteiger partial charge is 0.134 e. The summed E-state index contributed by atoms with van der Waals surface area (Å²) in [4.78, 5) is 0. The first-order valence-corrected chi connectivity index (χ1v) is 8.96. The zero-order chi connectivity index (χ0) is 17.7. The molecule has 2 aromatic rings. The number of fused-ring (bicyclic) bond motifs is 2. The van der Waals surface area contributed by atoms with Gasteiger partial charge in [0.15, 0.2) is 0 Å². The molecule has 0 radical (unpaired) electrons. The highest BCUT2D eigenvalue weighted by Crippen LogP contribution is 2.44. The molecule has 2 heteroatoms. The minimum Gasteiger partial charge on any atom is -0.490 e. The Kier molecular flexibility index (Phi) is 6.08. The minimum atomic E-state index is 0.128. The Hall–Kier alpha value is -2.22. The normalized spacial score (nSPS) is 20.8. The second-order valence-corrected chi connectivity index (χ2v) is 5.38. The molecule has 2 atom stereocenters. The lowest BCUT2D eigenvalue weighted by molar-refractivity contribution is 0.166. The van der Waals surface area contributed by atoms with Gasteiger partial charge in [0.2, 0.25) is 0 Å². The molecular formula is C22H28O2. The maximum atomic E-state index is 6.01. The van der Waals surface area contributed by atoms with Crippen molar-refractivity contribution < 1.29 is 9.15 Å². The minimum absolute atomic E-state index is 0.128. The third kappa shape index (κ3) is 3.06. The SMILES string of the molecule is CC.CC.CC1=C(c2c(C)oc3ccccc23)C2C=CC=CC2O1. The molecule has 0 saturated carbocycles. The van der Waals surface area contributed by atoms with Crippen LogP contribution in [0.3, 0.4) is 0 Å². The predicted octanol–water partition coefficient (Wildman–Crippen LogP) is 6.67. The van der Waals surface area contributed by atoms with Crippen molar-refractivity contribution in [3.8, 4) is 0 Å². The molecule has 128 valence electrons. The first-order valence-electron chi connectivity index (χ1n) is 8.96. The fraction of sp³-hybridized carbons (Fsp3) is 0.364. The first kappa shape index (κ1) is 18.1. The molecule has 1 aromatic carbocycles. The summed E-state index contributed by atoms with van der Waals surface area (Å²) in [5, 5.41) is 1.17. The number of hydrogen-bond donors (Lipinski definition) is 0. The Labute approximate surface area is 145 Å². The molecule has 0 amide bonds. The Morgan fingerprint density at radius 3 is 2.29 bits per heavy atom. The third-order valence-corrected chi connectivity index (χ3v) is 4.15. The fourth-order valence-electron chi connectivity index (χ4n) is 3.31. The summed E-state index contributed by atoms with van der Waals surface area (Å²) in [5.41, 5.74) is 3.41. The number of para-hydroxylation sites is 1. The second kappa shape index (κ2) is 8.05. The van der Waals surface area contributed by atoms with Crippen molar-refractivity contribution in [2.24, 2.45) is 5.92 Å². The van der Waals surface area contributed by atoms with Crippen LogP contribution in [0.1, 0.15) is 45.9 Å². The number of benzene rings is 1. The summed E-state index contributed by atoms with van der Waals surface area (Å²) >= 11 is 0. The van der Waals surface area contributed by atoms with Gasteiger partial charge in [0.1, 0.15) is 17.4 Å². The summed E-state index contributed by atoms with van der Waals surface area (Å²) in [7, 11) is 0. The molecular weight excluding hydrogens is 296 g/mol. The highest BCUT2D eigenvalue weighted by atomic mass is 16.5. The largest absolute Gasteiger partial charge is 0.490 e. The van der Waals surface area contributed by atoms with Crippen LogP contribution >= 0.6 is 0 Å². The highest BCUT2D eigenvalue weighted by molar-refractivity contribution is 5.94. The fourth-order valence-corrected chi connectivity index (χ4v) is 3.31. The lowest BCUT2D eigenvalue weighted by atomic mass is 9.86. The van der Waals surface area contributed by atoms with E-state index in [0.717, 1.165) is 17.1 Å². The Bertz CT molecular complexity index is 774. The molecule has 2 nitrogen and oxygen atoms in total. The zero-order valence-electron chi connectivity index (χ0n) is 15.6. The van der Waals surface area contributed by atoms with E-state index in [0.29, 0.717) is 5.92 Å². The van der Waals surface area contributed by atoms with Crippen LogP contribution in [0.5, 0.6) is 0 Å². The van der Waals surface area contributed by atoms with Crippen LogP contribution in [0.25, 0.3) is 16.5 Å². The van der Waals surface area contributed by atoms with E-state index in [1.807, 2.05) is 46.8 Å². The molecule has 0 N–H and O–H groups in total. The number of furan rings is 1. The van der Waals surface area contributed by atoms with Gasteiger partial charge in [-0.2, -0.15) is 0 Å². The number of hydrogen-bond acceptors (Lipinski definition) is 2. The average molecular weight is 324 g/mol. The molecule has 2 unspecified atom stereocenters. The lowest BCUT2D eigenvalue weighted by Crippen LogP contribution is -2.15. The van der Waals surface area contributed by atoms with Gasteiger partial charge in [-0.1, -0.05) is 64.1 Å². The van der Waals surface area contributed by atoms with E-state index < -0.39 is 0 Å². The molecule has 0 saturated heterocycles. The van der Waals surface area contributed by atoms with E-state index in [1.54, 1.807) is 0 Å². The van der Waals surface area contributed by atoms with Crippen molar-refractivity contribution in [3.63, 3.8) is 0 Å². The van der Waals surface area contributed by atoms with Crippen molar-refractivity contribution in [1.82, 2.24) is 0 Å². The number of aryl methyl sites for hydroxylation is 1. The molecule has 4 rings (SSSR count). The number of rotatable bonds is 1. The van der Waals surface area contributed by atoms with Crippen molar-refractivity contribution >= 4 is 16.5 Å².